The van der Waals surface area contributed by atoms with E-state index in [9.17, 15) is 0 Å². The predicted octanol–water partition coefficient (Wildman–Crippen LogP) is 2.80. The molecular formula is C15H23N3. The van der Waals surface area contributed by atoms with Gasteiger partial charge in [-0.05, 0) is 57.2 Å². The van der Waals surface area contributed by atoms with Gasteiger partial charge in [-0.15, -0.1) is 0 Å². The van der Waals surface area contributed by atoms with Gasteiger partial charge in [0.05, 0.1) is 0 Å². The van der Waals surface area contributed by atoms with E-state index in [1.807, 2.05) is 0 Å². The summed E-state index contributed by atoms with van der Waals surface area (Å²) < 4.78 is 0. The molecule has 2 fully saturated rings. The molecule has 0 amide bonds. The van der Waals surface area contributed by atoms with Gasteiger partial charge in [-0.1, -0.05) is 6.07 Å². The lowest BCUT2D eigenvalue weighted by molar-refractivity contribution is 0.572. The van der Waals surface area contributed by atoms with Crippen LogP contribution < -0.4 is 10.2 Å². The van der Waals surface area contributed by atoms with Crippen molar-refractivity contribution in [3.05, 3.63) is 23.4 Å². The van der Waals surface area contributed by atoms with Crippen LogP contribution in [0.15, 0.2) is 12.1 Å². The Kier molecular flexibility index (Phi) is 3.50. The molecule has 2 saturated heterocycles. The van der Waals surface area contributed by atoms with Crippen molar-refractivity contribution in [2.24, 2.45) is 0 Å². The first-order valence-corrected chi connectivity index (χ1v) is 7.30. The first-order valence-electron chi connectivity index (χ1n) is 7.30. The molecule has 0 spiro atoms. The number of hydrogen-bond acceptors (Lipinski definition) is 3. The number of aromatic nitrogens is 1. The Morgan fingerprint density at radius 3 is 2.67 bits per heavy atom. The lowest BCUT2D eigenvalue weighted by atomic mass is 10.0. The summed E-state index contributed by atoms with van der Waals surface area (Å²) in [6.45, 7) is 5.65. The van der Waals surface area contributed by atoms with Crippen LogP contribution in [-0.4, -0.2) is 24.6 Å². The Hall–Kier alpha value is -1.09. The van der Waals surface area contributed by atoms with E-state index in [1.165, 1.54) is 62.3 Å². The highest BCUT2D eigenvalue weighted by molar-refractivity contribution is 5.42. The number of nitrogens with one attached hydrogen (secondary N) is 1. The van der Waals surface area contributed by atoms with Crippen LogP contribution in [0.2, 0.25) is 0 Å². The lowest BCUT2D eigenvalue weighted by Gasteiger charge is -2.28. The molecule has 3 heteroatoms. The second-order valence-electron chi connectivity index (χ2n) is 5.54. The van der Waals surface area contributed by atoms with Gasteiger partial charge < -0.3 is 10.2 Å². The smallest absolute Gasteiger partial charge is 0.128 e. The van der Waals surface area contributed by atoms with Gasteiger partial charge in [0, 0.05) is 24.8 Å². The fraction of sp³-hybridized carbons (Fsp3) is 0.667. The number of rotatable bonds is 2. The van der Waals surface area contributed by atoms with Crippen molar-refractivity contribution in [3.63, 3.8) is 0 Å². The number of hydrogen-bond donors (Lipinski definition) is 1. The molecule has 0 aliphatic carbocycles. The number of anilines is 1. The first-order chi connectivity index (χ1) is 8.84. The number of piperidine rings is 1. The lowest BCUT2D eigenvalue weighted by Crippen LogP contribution is -2.30. The average Bonchev–Trinajstić information content (AvgIpc) is 2.93. The van der Waals surface area contributed by atoms with E-state index in [0.29, 0.717) is 6.04 Å². The molecule has 0 radical (unpaired) electrons. The van der Waals surface area contributed by atoms with E-state index >= 15 is 0 Å². The summed E-state index contributed by atoms with van der Waals surface area (Å²) in [6, 6.07) is 5.04. The normalized spacial score (nSPS) is 24.5. The van der Waals surface area contributed by atoms with Crippen LogP contribution in [0.25, 0.3) is 0 Å². The van der Waals surface area contributed by atoms with Crippen molar-refractivity contribution < 1.29 is 0 Å². The Morgan fingerprint density at radius 1 is 1.17 bits per heavy atom. The summed E-state index contributed by atoms with van der Waals surface area (Å²) in [6.07, 6.45) is 6.54. The van der Waals surface area contributed by atoms with Gasteiger partial charge in [0.15, 0.2) is 0 Å². The molecule has 0 aromatic carbocycles. The monoisotopic (exact) mass is 245 g/mol. The maximum Gasteiger partial charge on any atom is 0.128 e. The quantitative estimate of drug-likeness (QED) is 0.868. The molecule has 3 nitrogen and oxygen atoms in total. The Labute approximate surface area is 110 Å². The van der Waals surface area contributed by atoms with Gasteiger partial charge >= 0.3 is 0 Å². The number of pyridine rings is 1. The van der Waals surface area contributed by atoms with Gasteiger partial charge in [0.1, 0.15) is 5.82 Å². The zero-order valence-electron chi connectivity index (χ0n) is 11.3. The number of nitrogens with zero attached hydrogens (tertiary/aromatic N) is 2. The summed E-state index contributed by atoms with van der Waals surface area (Å²) in [5.74, 6) is 1.17. The van der Waals surface area contributed by atoms with E-state index in [1.54, 1.807) is 0 Å². The van der Waals surface area contributed by atoms with Gasteiger partial charge in [-0.3, -0.25) is 0 Å². The largest absolute Gasteiger partial charge is 0.357 e. The van der Waals surface area contributed by atoms with Crippen molar-refractivity contribution in [2.45, 2.75) is 45.1 Å². The minimum atomic E-state index is 0.535. The third-order valence-electron chi connectivity index (χ3n) is 4.23. The van der Waals surface area contributed by atoms with Crippen LogP contribution in [0.1, 0.15) is 49.4 Å². The van der Waals surface area contributed by atoms with Gasteiger partial charge in [-0.2, -0.15) is 0 Å². The zero-order chi connectivity index (χ0) is 12.4. The van der Waals surface area contributed by atoms with Crippen LogP contribution in [0.5, 0.6) is 0 Å². The summed E-state index contributed by atoms with van der Waals surface area (Å²) in [7, 11) is 0. The molecule has 2 aliphatic rings. The molecule has 0 bridgehead atoms. The second kappa shape index (κ2) is 5.27. The summed E-state index contributed by atoms with van der Waals surface area (Å²) >= 11 is 0. The third-order valence-corrected chi connectivity index (χ3v) is 4.23. The molecular weight excluding hydrogens is 222 g/mol. The van der Waals surface area contributed by atoms with Crippen molar-refractivity contribution in [2.75, 3.05) is 24.5 Å². The van der Waals surface area contributed by atoms with Crippen LogP contribution in [0.4, 0.5) is 5.82 Å². The molecule has 1 aromatic rings. The molecule has 1 aromatic heterocycles. The molecule has 2 aliphatic heterocycles. The molecule has 1 atom stereocenters. The van der Waals surface area contributed by atoms with Crippen LogP contribution in [-0.2, 0) is 0 Å². The maximum absolute atomic E-state index is 4.83. The summed E-state index contributed by atoms with van der Waals surface area (Å²) in [4.78, 5) is 7.26. The average molecular weight is 245 g/mol. The van der Waals surface area contributed by atoms with Crippen molar-refractivity contribution >= 4 is 5.82 Å². The van der Waals surface area contributed by atoms with Crippen LogP contribution in [0.3, 0.4) is 0 Å². The van der Waals surface area contributed by atoms with E-state index < -0.39 is 0 Å². The Bertz CT molecular complexity index is 404. The van der Waals surface area contributed by atoms with Gasteiger partial charge in [0.25, 0.3) is 0 Å². The Balaban J connectivity index is 1.79. The van der Waals surface area contributed by atoms with Crippen LogP contribution in [0, 0.1) is 6.92 Å². The van der Waals surface area contributed by atoms with Gasteiger partial charge in [-0.25, -0.2) is 4.98 Å². The van der Waals surface area contributed by atoms with E-state index in [2.05, 4.69) is 29.3 Å². The van der Waals surface area contributed by atoms with Crippen molar-refractivity contribution in [1.82, 2.24) is 10.3 Å². The summed E-state index contributed by atoms with van der Waals surface area (Å²) in [5.41, 5.74) is 2.60. The fourth-order valence-corrected chi connectivity index (χ4v) is 3.18. The molecule has 0 saturated carbocycles. The highest BCUT2D eigenvalue weighted by Crippen LogP contribution is 2.27. The second-order valence-corrected chi connectivity index (χ2v) is 5.54. The molecule has 1 N–H and O–H groups in total. The summed E-state index contributed by atoms with van der Waals surface area (Å²) in [5, 5.41) is 3.56. The van der Waals surface area contributed by atoms with Crippen molar-refractivity contribution in [1.29, 1.82) is 0 Å². The van der Waals surface area contributed by atoms with Crippen molar-refractivity contribution in [3.8, 4) is 0 Å². The number of aryl methyl sites for hydroxylation is 1. The molecule has 3 rings (SSSR count). The SMILES string of the molecule is Cc1nc(N2CCCCC2)ccc1[C@@H]1CCCN1. The minimum absolute atomic E-state index is 0.535. The van der Waals surface area contributed by atoms with E-state index in [4.69, 9.17) is 4.98 Å². The van der Waals surface area contributed by atoms with E-state index in [0.717, 1.165) is 6.54 Å². The highest BCUT2D eigenvalue weighted by Gasteiger charge is 2.20. The topological polar surface area (TPSA) is 28.2 Å². The van der Waals surface area contributed by atoms with Crippen LogP contribution >= 0.6 is 0 Å². The first kappa shape index (κ1) is 12.0. The highest BCUT2D eigenvalue weighted by atomic mass is 15.2. The standard InChI is InChI=1S/C15H23N3/c1-12-13(14-6-5-9-16-14)7-8-15(17-12)18-10-3-2-4-11-18/h7-8,14,16H,2-6,9-11H2,1H3/t14-/m0/s1. The van der Waals surface area contributed by atoms with E-state index in [-0.39, 0.29) is 0 Å². The fourth-order valence-electron chi connectivity index (χ4n) is 3.18. The molecule has 18 heavy (non-hydrogen) atoms. The molecule has 3 heterocycles. The zero-order valence-corrected chi connectivity index (χ0v) is 11.3. The predicted molar refractivity (Wildman–Crippen MR) is 75.0 cm³/mol. The third kappa shape index (κ3) is 2.37. The minimum Gasteiger partial charge on any atom is -0.357 e. The molecule has 0 unspecified atom stereocenters. The van der Waals surface area contributed by atoms with Gasteiger partial charge in [0.2, 0.25) is 0 Å². The Morgan fingerprint density at radius 2 is 2.00 bits per heavy atom. The maximum atomic E-state index is 4.83. The molecule has 98 valence electrons.